The molecule has 0 aromatic carbocycles. The number of anilines is 1. The van der Waals surface area contributed by atoms with E-state index in [2.05, 4.69) is 43.0 Å². The molecule has 0 aliphatic carbocycles. The summed E-state index contributed by atoms with van der Waals surface area (Å²) in [6.07, 6.45) is 0. The fourth-order valence-corrected chi connectivity index (χ4v) is 1.29. The van der Waals surface area contributed by atoms with Gasteiger partial charge in [-0.15, -0.1) is 0 Å². The minimum absolute atomic E-state index is 0.299. The van der Waals surface area contributed by atoms with Gasteiger partial charge in [-0.2, -0.15) is 4.98 Å². The maximum atomic E-state index is 5.43. The Hall–Kier alpha value is -1.32. The second-order valence-corrected chi connectivity index (χ2v) is 4.34. The van der Waals surface area contributed by atoms with Crippen molar-refractivity contribution in [3.8, 4) is 5.88 Å². The smallest absolute Gasteiger partial charge is 0.218 e. The molecule has 1 N–H and O–H groups in total. The summed E-state index contributed by atoms with van der Waals surface area (Å²) in [4.78, 5) is 8.81. The molecular formula is C12H21N3O. The molecule has 1 heterocycles. The van der Waals surface area contributed by atoms with Crippen LogP contribution in [-0.4, -0.2) is 22.6 Å². The summed E-state index contributed by atoms with van der Waals surface area (Å²) in [6, 6.07) is 2.19. The van der Waals surface area contributed by atoms with E-state index in [9.17, 15) is 0 Å². The predicted octanol–water partition coefficient (Wildman–Crippen LogP) is 2.82. The molecule has 4 heteroatoms. The molecule has 0 aliphatic heterocycles. The highest BCUT2D eigenvalue weighted by atomic mass is 16.5. The highest BCUT2D eigenvalue weighted by molar-refractivity contribution is 5.39. The van der Waals surface area contributed by atoms with Crippen LogP contribution in [0.3, 0.4) is 0 Å². The Kier molecular flexibility index (Phi) is 4.52. The molecule has 1 aromatic heterocycles. The fourth-order valence-electron chi connectivity index (χ4n) is 1.29. The summed E-state index contributed by atoms with van der Waals surface area (Å²) in [5.74, 6) is 2.59. The van der Waals surface area contributed by atoms with Gasteiger partial charge in [-0.1, -0.05) is 13.8 Å². The molecule has 4 nitrogen and oxygen atoms in total. The van der Waals surface area contributed by atoms with Crippen LogP contribution >= 0.6 is 0 Å². The first-order valence-corrected chi connectivity index (χ1v) is 5.81. The van der Waals surface area contributed by atoms with Gasteiger partial charge in [0.05, 0.1) is 6.61 Å². The molecule has 90 valence electrons. The number of nitrogens with one attached hydrogen (secondary N) is 1. The van der Waals surface area contributed by atoms with Crippen LogP contribution in [0.5, 0.6) is 5.88 Å². The molecule has 0 radical (unpaired) electrons. The van der Waals surface area contributed by atoms with Crippen LogP contribution < -0.4 is 10.1 Å². The van der Waals surface area contributed by atoms with E-state index in [1.165, 1.54) is 0 Å². The summed E-state index contributed by atoms with van der Waals surface area (Å²) in [5.41, 5.74) is 0. The Labute approximate surface area is 97.5 Å². The van der Waals surface area contributed by atoms with E-state index in [1.807, 2.05) is 13.0 Å². The average Bonchev–Trinajstić information content (AvgIpc) is 2.16. The Morgan fingerprint density at radius 3 is 2.44 bits per heavy atom. The first-order valence-electron chi connectivity index (χ1n) is 5.81. The first kappa shape index (κ1) is 12.7. The molecule has 0 bridgehead atoms. The Bertz CT molecular complexity index is 337. The lowest BCUT2D eigenvalue weighted by atomic mass is 10.2. The average molecular weight is 223 g/mol. The van der Waals surface area contributed by atoms with Gasteiger partial charge < -0.3 is 10.1 Å². The van der Waals surface area contributed by atoms with E-state index in [-0.39, 0.29) is 0 Å². The zero-order valence-electron chi connectivity index (χ0n) is 10.7. The van der Waals surface area contributed by atoms with Crippen molar-refractivity contribution >= 4 is 5.82 Å². The third-order valence-corrected chi connectivity index (χ3v) is 1.97. The standard InChI is InChI=1S/C12H21N3O/c1-6-16-11-7-10(13-9(4)5)14-12(15-11)8(2)3/h7-9H,6H2,1-5H3,(H,13,14,15). The zero-order chi connectivity index (χ0) is 12.1. The minimum Gasteiger partial charge on any atom is -0.478 e. The largest absolute Gasteiger partial charge is 0.478 e. The van der Waals surface area contributed by atoms with Gasteiger partial charge in [0, 0.05) is 18.0 Å². The van der Waals surface area contributed by atoms with Gasteiger partial charge in [0.1, 0.15) is 11.6 Å². The molecule has 0 aliphatic rings. The number of nitrogens with zero attached hydrogens (tertiary/aromatic N) is 2. The zero-order valence-corrected chi connectivity index (χ0v) is 10.7. The summed E-state index contributed by atoms with van der Waals surface area (Å²) in [5, 5.41) is 3.27. The van der Waals surface area contributed by atoms with Gasteiger partial charge in [-0.3, -0.25) is 0 Å². The van der Waals surface area contributed by atoms with E-state index >= 15 is 0 Å². The van der Waals surface area contributed by atoms with E-state index < -0.39 is 0 Å². The molecule has 0 unspecified atom stereocenters. The number of aromatic nitrogens is 2. The summed E-state index contributed by atoms with van der Waals surface area (Å²) in [6.45, 7) is 10.9. The molecular weight excluding hydrogens is 202 g/mol. The van der Waals surface area contributed by atoms with Crippen LogP contribution in [0.2, 0.25) is 0 Å². The highest BCUT2D eigenvalue weighted by Crippen LogP contribution is 2.18. The van der Waals surface area contributed by atoms with Crippen LogP contribution in [-0.2, 0) is 0 Å². The lowest BCUT2D eigenvalue weighted by Gasteiger charge is -2.13. The third kappa shape index (κ3) is 3.68. The molecule has 1 rings (SSSR count). The first-order chi connectivity index (χ1) is 7.52. The van der Waals surface area contributed by atoms with E-state index in [0.717, 1.165) is 11.6 Å². The minimum atomic E-state index is 0.299. The number of hydrogen-bond acceptors (Lipinski definition) is 4. The van der Waals surface area contributed by atoms with E-state index in [1.54, 1.807) is 0 Å². The lowest BCUT2D eigenvalue weighted by Crippen LogP contribution is -2.13. The van der Waals surface area contributed by atoms with E-state index in [4.69, 9.17) is 4.74 Å². The van der Waals surface area contributed by atoms with Crippen LogP contribution in [0.1, 0.15) is 46.4 Å². The Morgan fingerprint density at radius 2 is 1.94 bits per heavy atom. The number of rotatable bonds is 5. The van der Waals surface area contributed by atoms with Crippen molar-refractivity contribution in [1.29, 1.82) is 0 Å². The second kappa shape index (κ2) is 5.68. The van der Waals surface area contributed by atoms with Crippen LogP contribution in [0.4, 0.5) is 5.82 Å². The van der Waals surface area contributed by atoms with E-state index in [0.29, 0.717) is 24.4 Å². The summed E-state index contributed by atoms with van der Waals surface area (Å²) < 4.78 is 5.43. The van der Waals surface area contributed by atoms with Gasteiger partial charge in [-0.05, 0) is 20.8 Å². The molecule has 0 spiro atoms. The monoisotopic (exact) mass is 223 g/mol. The SMILES string of the molecule is CCOc1cc(NC(C)C)nc(C(C)C)n1. The topological polar surface area (TPSA) is 47.0 Å². The normalized spacial score (nSPS) is 10.9. The van der Waals surface area contributed by atoms with Crippen molar-refractivity contribution in [3.63, 3.8) is 0 Å². The number of ether oxygens (including phenoxy) is 1. The number of hydrogen-bond donors (Lipinski definition) is 1. The third-order valence-electron chi connectivity index (χ3n) is 1.97. The maximum Gasteiger partial charge on any atom is 0.218 e. The van der Waals surface area contributed by atoms with Gasteiger partial charge in [-0.25, -0.2) is 4.98 Å². The lowest BCUT2D eigenvalue weighted by molar-refractivity contribution is 0.324. The Balaban J connectivity index is 2.98. The van der Waals surface area contributed by atoms with Crippen molar-refractivity contribution in [2.24, 2.45) is 0 Å². The molecule has 1 aromatic rings. The van der Waals surface area contributed by atoms with Crippen LogP contribution in [0, 0.1) is 0 Å². The van der Waals surface area contributed by atoms with Gasteiger partial charge in [0.2, 0.25) is 5.88 Å². The van der Waals surface area contributed by atoms with Crippen molar-refractivity contribution in [2.45, 2.75) is 46.6 Å². The van der Waals surface area contributed by atoms with Gasteiger partial charge >= 0.3 is 0 Å². The van der Waals surface area contributed by atoms with Crippen molar-refractivity contribution in [2.75, 3.05) is 11.9 Å². The van der Waals surface area contributed by atoms with Gasteiger partial charge in [0.15, 0.2) is 0 Å². The summed E-state index contributed by atoms with van der Waals surface area (Å²) in [7, 11) is 0. The predicted molar refractivity (Wildman–Crippen MR) is 66.0 cm³/mol. The second-order valence-electron chi connectivity index (χ2n) is 4.34. The molecule has 0 saturated carbocycles. The molecule has 0 fully saturated rings. The Morgan fingerprint density at radius 1 is 1.25 bits per heavy atom. The van der Waals surface area contributed by atoms with Crippen LogP contribution in [0.15, 0.2) is 6.07 Å². The molecule has 16 heavy (non-hydrogen) atoms. The van der Waals surface area contributed by atoms with Gasteiger partial charge in [0.25, 0.3) is 0 Å². The van der Waals surface area contributed by atoms with Crippen molar-refractivity contribution in [3.05, 3.63) is 11.9 Å². The quantitative estimate of drug-likeness (QED) is 0.833. The highest BCUT2D eigenvalue weighted by Gasteiger charge is 2.09. The van der Waals surface area contributed by atoms with Crippen molar-refractivity contribution in [1.82, 2.24) is 9.97 Å². The fraction of sp³-hybridized carbons (Fsp3) is 0.667. The van der Waals surface area contributed by atoms with Crippen LogP contribution in [0.25, 0.3) is 0 Å². The maximum absolute atomic E-state index is 5.43. The summed E-state index contributed by atoms with van der Waals surface area (Å²) >= 11 is 0. The molecule has 0 atom stereocenters. The van der Waals surface area contributed by atoms with Crippen molar-refractivity contribution < 1.29 is 4.74 Å². The molecule has 0 saturated heterocycles. The molecule has 0 amide bonds.